The molecule has 1 fully saturated rings. The Balaban J connectivity index is 2.00. The zero-order valence-corrected chi connectivity index (χ0v) is 13.9. The summed E-state index contributed by atoms with van der Waals surface area (Å²) in [6.45, 7) is 2.72. The molecule has 5 heteroatoms. The topological polar surface area (TPSA) is 48.7 Å². The minimum atomic E-state index is 0.333. The Morgan fingerprint density at radius 3 is 2.77 bits per heavy atom. The summed E-state index contributed by atoms with van der Waals surface area (Å²) in [6, 6.07) is 8.25. The van der Waals surface area contributed by atoms with Gasteiger partial charge < -0.3 is 14.4 Å². The normalized spacial score (nSPS) is 22.0. The fraction of sp³-hybridized carbons (Fsp3) is 0.588. The molecule has 0 bridgehead atoms. The molecule has 1 aromatic rings. The molecule has 0 radical (unpaired) electrons. The van der Waals surface area contributed by atoms with Crippen LogP contribution in [0.25, 0.3) is 0 Å². The summed E-state index contributed by atoms with van der Waals surface area (Å²) < 4.78 is 10.9. The number of hydrogen-bond acceptors (Lipinski definition) is 5. The number of methoxy groups -OCH3 is 2. The quantitative estimate of drug-likeness (QED) is 0.801. The molecule has 1 saturated heterocycles. The molecule has 0 N–H and O–H groups in total. The fourth-order valence-electron chi connectivity index (χ4n) is 3.10. The third-order valence-electron chi connectivity index (χ3n) is 4.36. The lowest BCUT2D eigenvalue weighted by molar-refractivity contribution is 0.111. The molecule has 0 amide bonds. The van der Waals surface area contributed by atoms with Gasteiger partial charge in [-0.2, -0.15) is 5.26 Å². The minimum Gasteiger partial charge on any atom is -0.496 e. The Bertz CT molecular complexity index is 541. The molecule has 120 valence electrons. The monoisotopic (exact) mass is 303 g/mol. The van der Waals surface area contributed by atoms with Gasteiger partial charge in [-0.1, -0.05) is 0 Å². The van der Waals surface area contributed by atoms with Gasteiger partial charge in [-0.05, 0) is 38.7 Å². The lowest BCUT2D eigenvalue weighted by Crippen LogP contribution is -2.36. The van der Waals surface area contributed by atoms with Gasteiger partial charge in [0.2, 0.25) is 0 Å². The first kappa shape index (κ1) is 16.8. The first-order valence-electron chi connectivity index (χ1n) is 7.56. The average molecular weight is 303 g/mol. The van der Waals surface area contributed by atoms with Crippen molar-refractivity contribution in [1.29, 1.82) is 5.26 Å². The predicted octanol–water partition coefficient (Wildman–Crippen LogP) is 1.72. The highest BCUT2D eigenvalue weighted by Gasteiger charge is 2.30. The van der Waals surface area contributed by atoms with Crippen molar-refractivity contribution in [2.45, 2.75) is 25.1 Å². The van der Waals surface area contributed by atoms with E-state index in [9.17, 15) is 0 Å². The molecule has 1 heterocycles. The van der Waals surface area contributed by atoms with Gasteiger partial charge in [-0.25, -0.2) is 0 Å². The van der Waals surface area contributed by atoms with Gasteiger partial charge in [0.05, 0.1) is 24.8 Å². The first-order chi connectivity index (χ1) is 10.6. The van der Waals surface area contributed by atoms with Gasteiger partial charge in [0, 0.05) is 38.3 Å². The van der Waals surface area contributed by atoms with Gasteiger partial charge in [0.25, 0.3) is 0 Å². The Morgan fingerprint density at radius 1 is 1.41 bits per heavy atom. The van der Waals surface area contributed by atoms with Crippen LogP contribution in [0.1, 0.15) is 17.5 Å². The molecule has 5 nitrogen and oxygen atoms in total. The van der Waals surface area contributed by atoms with Crippen LogP contribution in [-0.2, 0) is 11.3 Å². The highest BCUT2D eigenvalue weighted by Crippen LogP contribution is 2.23. The SMILES string of the molecule is COc1ccc(C#N)cc1CN(C)C[C@@H]1C[C@H](OC)CN1C. The van der Waals surface area contributed by atoms with Crippen molar-refractivity contribution in [3.05, 3.63) is 29.3 Å². The summed E-state index contributed by atoms with van der Waals surface area (Å²) in [6.07, 6.45) is 1.40. The van der Waals surface area contributed by atoms with Crippen molar-refractivity contribution in [2.75, 3.05) is 41.4 Å². The number of hydrogen-bond donors (Lipinski definition) is 0. The molecule has 1 aromatic carbocycles. The number of nitriles is 1. The van der Waals surface area contributed by atoms with Crippen molar-refractivity contribution < 1.29 is 9.47 Å². The summed E-state index contributed by atoms with van der Waals surface area (Å²) in [5, 5.41) is 9.06. The molecule has 0 aromatic heterocycles. The van der Waals surface area contributed by atoms with Crippen LogP contribution in [0.4, 0.5) is 0 Å². The Labute approximate surface area is 133 Å². The molecule has 1 aliphatic heterocycles. The van der Waals surface area contributed by atoms with E-state index in [1.165, 1.54) is 0 Å². The minimum absolute atomic E-state index is 0.333. The lowest BCUT2D eigenvalue weighted by atomic mass is 10.1. The maximum absolute atomic E-state index is 9.06. The zero-order valence-electron chi connectivity index (χ0n) is 13.9. The summed E-state index contributed by atoms with van der Waals surface area (Å²) in [5.41, 5.74) is 1.72. The van der Waals surface area contributed by atoms with Crippen LogP contribution in [-0.4, -0.2) is 63.4 Å². The molecule has 22 heavy (non-hydrogen) atoms. The van der Waals surface area contributed by atoms with Crippen LogP contribution in [0.5, 0.6) is 5.75 Å². The third kappa shape index (κ3) is 3.98. The van der Waals surface area contributed by atoms with Crippen molar-refractivity contribution >= 4 is 0 Å². The van der Waals surface area contributed by atoms with E-state index in [4.69, 9.17) is 14.7 Å². The van der Waals surface area contributed by atoms with E-state index in [2.05, 4.69) is 30.0 Å². The van der Waals surface area contributed by atoms with Gasteiger partial charge in [-0.3, -0.25) is 4.90 Å². The van der Waals surface area contributed by atoms with Gasteiger partial charge >= 0.3 is 0 Å². The highest BCUT2D eigenvalue weighted by atomic mass is 16.5. The molecule has 0 unspecified atom stereocenters. The predicted molar refractivity (Wildman–Crippen MR) is 85.9 cm³/mol. The summed E-state index contributed by atoms with van der Waals surface area (Å²) in [7, 11) is 7.70. The second kappa shape index (κ2) is 7.59. The summed E-state index contributed by atoms with van der Waals surface area (Å²) in [4.78, 5) is 4.63. The molecule has 0 spiro atoms. The maximum atomic E-state index is 9.06. The van der Waals surface area contributed by atoms with E-state index >= 15 is 0 Å². The van der Waals surface area contributed by atoms with Crippen LogP contribution in [0.15, 0.2) is 18.2 Å². The summed E-state index contributed by atoms with van der Waals surface area (Å²) in [5.74, 6) is 0.834. The van der Waals surface area contributed by atoms with Crippen LogP contribution in [0.2, 0.25) is 0 Å². The molecule has 2 atom stereocenters. The number of rotatable bonds is 6. The largest absolute Gasteiger partial charge is 0.496 e. The van der Waals surface area contributed by atoms with Crippen LogP contribution >= 0.6 is 0 Å². The van der Waals surface area contributed by atoms with E-state index in [1.807, 2.05) is 12.1 Å². The Morgan fingerprint density at radius 2 is 2.18 bits per heavy atom. The molecule has 0 saturated carbocycles. The number of likely N-dealkylation sites (N-methyl/N-ethyl adjacent to an activating group) is 2. The third-order valence-corrected chi connectivity index (χ3v) is 4.36. The van der Waals surface area contributed by atoms with Gasteiger partial charge in [0.15, 0.2) is 0 Å². The molecular weight excluding hydrogens is 278 g/mol. The lowest BCUT2D eigenvalue weighted by Gasteiger charge is -2.26. The maximum Gasteiger partial charge on any atom is 0.123 e. The van der Waals surface area contributed by atoms with E-state index in [0.717, 1.165) is 37.4 Å². The average Bonchev–Trinajstić information content (AvgIpc) is 2.87. The number of likely N-dealkylation sites (tertiary alicyclic amines) is 1. The van der Waals surface area contributed by atoms with Crippen LogP contribution in [0.3, 0.4) is 0 Å². The molecular formula is C17H25N3O2. The van der Waals surface area contributed by atoms with Crippen molar-refractivity contribution in [2.24, 2.45) is 0 Å². The number of nitrogens with zero attached hydrogens (tertiary/aromatic N) is 3. The first-order valence-corrected chi connectivity index (χ1v) is 7.56. The second-order valence-corrected chi connectivity index (χ2v) is 6.02. The standard InChI is InChI=1S/C17H25N3O2/c1-19(11-15-8-16(21-3)12-20(15)2)10-14-7-13(9-18)5-6-17(14)22-4/h5-7,15-16H,8,10-12H2,1-4H3/t15-,16-/m0/s1. The van der Waals surface area contributed by atoms with Crippen LogP contribution in [0, 0.1) is 11.3 Å². The van der Waals surface area contributed by atoms with E-state index in [-0.39, 0.29) is 0 Å². The Hall–Kier alpha value is -1.61. The van der Waals surface area contributed by atoms with Gasteiger partial charge in [0.1, 0.15) is 5.75 Å². The molecule has 0 aliphatic carbocycles. The molecule has 2 rings (SSSR count). The Kier molecular flexibility index (Phi) is 5.78. The highest BCUT2D eigenvalue weighted by molar-refractivity contribution is 5.42. The van der Waals surface area contributed by atoms with E-state index < -0.39 is 0 Å². The van der Waals surface area contributed by atoms with Crippen LogP contribution < -0.4 is 4.74 Å². The smallest absolute Gasteiger partial charge is 0.123 e. The van der Waals surface area contributed by atoms with E-state index in [1.54, 1.807) is 20.3 Å². The van der Waals surface area contributed by atoms with E-state index in [0.29, 0.717) is 17.7 Å². The zero-order chi connectivity index (χ0) is 16.1. The van der Waals surface area contributed by atoms with Crippen molar-refractivity contribution in [3.63, 3.8) is 0 Å². The van der Waals surface area contributed by atoms with Crippen molar-refractivity contribution in [1.82, 2.24) is 9.80 Å². The second-order valence-electron chi connectivity index (χ2n) is 6.02. The summed E-state index contributed by atoms with van der Waals surface area (Å²) >= 11 is 0. The fourth-order valence-corrected chi connectivity index (χ4v) is 3.10. The van der Waals surface area contributed by atoms with Crippen molar-refractivity contribution in [3.8, 4) is 11.8 Å². The number of ether oxygens (including phenoxy) is 2. The molecule has 1 aliphatic rings. The number of benzene rings is 1. The van der Waals surface area contributed by atoms with Gasteiger partial charge in [-0.15, -0.1) is 0 Å².